The van der Waals surface area contributed by atoms with Crippen LogP contribution in [0.25, 0.3) is 0 Å². The summed E-state index contributed by atoms with van der Waals surface area (Å²) < 4.78 is 4.94. The Balaban J connectivity index is 2.35. The lowest BCUT2D eigenvalue weighted by atomic mass is 10.1. The summed E-state index contributed by atoms with van der Waals surface area (Å²) in [5, 5.41) is 0. The van der Waals surface area contributed by atoms with Crippen LogP contribution in [0.2, 0.25) is 0 Å². The van der Waals surface area contributed by atoms with Crippen molar-refractivity contribution >= 4 is 5.91 Å². The molecule has 18 heavy (non-hydrogen) atoms. The van der Waals surface area contributed by atoms with E-state index in [9.17, 15) is 4.79 Å². The molecule has 0 unspecified atom stereocenters. The van der Waals surface area contributed by atoms with Crippen molar-refractivity contribution in [2.75, 3.05) is 27.3 Å². The highest BCUT2D eigenvalue weighted by Gasteiger charge is 2.17. The van der Waals surface area contributed by atoms with Gasteiger partial charge in [0.15, 0.2) is 0 Å². The minimum atomic E-state index is -0.438. The summed E-state index contributed by atoms with van der Waals surface area (Å²) in [6, 6.07) is 9.62. The van der Waals surface area contributed by atoms with Crippen LogP contribution in [0.1, 0.15) is 12.0 Å². The monoisotopic (exact) mass is 250 g/mol. The number of carbonyl (C=O) groups excluding carboxylic acids is 1. The predicted molar refractivity (Wildman–Crippen MR) is 72.3 cm³/mol. The van der Waals surface area contributed by atoms with E-state index in [1.807, 2.05) is 30.3 Å². The number of carbonyl (C=O) groups is 1. The number of hydrogen-bond acceptors (Lipinski definition) is 3. The van der Waals surface area contributed by atoms with Gasteiger partial charge in [0.05, 0.1) is 12.6 Å². The van der Waals surface area contributed by atoms with Gasteiger partial charge in [0.25, 0.3) is 0 Å². The third kappa shape index (κ3) is 4.85. The zero-order valence-corrected chi connectivity index (χ0v) is 11.1. The Morgan fingerprint density at radius 1 is 1.39 bits per heavy atom. The van der Waals surface area contributed by atoms with Crippen molar-refractivity contribution in [1.82, 2.24) is 4.90 Å². The van der Waals surface area contributed by atoms with Gasteiger partial charge in [0, 0.05) is 20.7 Å². The average Bonchev–Trinajstić information content (AvgIpc) is 2.42. The first-order valence-electron chi connectivity index (χ1n) is 6.18. The summed E-state index contributed by atoms with van der Waals surface area (Å²) in [7, 11) is 3.37. The number of benzene rings is 1. The van der Waals surface area contributed by atoms with E-state index in [0.29, 0.717) is 19.6 Å². The molecule has 0 aromatic heterocycles. The average molecular weight is 250 g/mol. The van der Waals surface area contributed by atoms with Gasteiger partial charge in [-0.15, -0.1) is 0 Å². The Labute approximate surface area is 109 Å². The van der Waals surface area contributed by atoms with E-state index in [0.717, 1.165) is 6.42 Å². The molecule has 0 aliphatic heterocycles. The number of likely N-dealkylation sites (N-methyl/N-ethyl adjacent to an activating group) is 1. The zero-order chi connectivity index (χ0) is 13.4. The lowest BCUT2D eigenvalue weighted by Gasteiger charge is -2.20. The molecule has 100 valence electrons. The van der Waals surface area contributed by atoms with Crippen molar-refractivity contribution in [2.24, 2.45) is 5.73 Å². The van der Waals surface area contributed by atoms with E-state index in [1.165, 1.54) is 5.56 Å². The van der Waals surface area contributed by atoms with Gasteiger partial charge in [-0.25, -0.2) is 0 Å². The Morgan fingerprint density at radius 3 is 2.67 bits per heavy atom. The molecule has 0 aliphatic rings. The molecule has 0 radical (unpaired) electrons. The second kappa shape index (κ2) is 7.84. The highest BCUT2D eigenvalue weighted by atomic mass is 16.5. The quantitative estimate of drug-likeness (QED) is 0.787. The fourth-order valence-electron chi connectivity index (χ4n) is 1.71. The predicted octanol–water partition coefficient (Wildman–Crippen LogP) is 1.05. The maximum Gasteiger partial charge on any atom is 0.239 e. The molecule has 0 bridgehead atoms. The summed E-state index contributed by atoms with van der Waals surface area (Å²) in [6.07, 6.45) is 1.49. The highest BCUT2D eigenvalue weighted by molar-refractivity contribution is 5.81. The summed E-state index contributed by atoms with van der Waals surface area (Å²) in [5.74, 6) is -0.0250. The lowest BCUT2D eigenvalue weighted by molar-refractivity contribution is -0.131. The third-order valence-electron chi connectivity index (χ3n) is 2.91. The molecular weight excluding hydrogens is 228 g/mol. The fraction of sp³-hybridized carbons (Fsp3) is 0.500. The number of hydrogen-bond donors (Lipinski definition) is 1. The molecule has 0 saturated heterocycles. The van der Waals surface area contributed by atoms with Gasteiger partial charge in [0.2, 0.25) is 5.91 Å². The van der Waals surface area contributed by atoms with E-state index in [2.05, 4.69) is 0 Å². The van der Waals surface area contributed by atoms with Crippen LogP contribution in [0.4, 0.5) is 0 Å². The molecular formula is C14H22N2O2. The van der Waals surface area contributed by atoms with Gasteiger partial charge < -0.3 is 15.4 Å². The first kappa shape index (κ1) is 14.7. The Bertz CT molecular complexity index is 354. The minimum absolute atomic E-state index is 0.0250. The number of aryl methyl sites for hydroxylation is 1. The van der Waals surface area contributed by atoms with Crippen molar-refractivity contribution in [1.29, 1.82) is 0 Å². The molecule has 1 amide bonds. The molecule has 0 heterocycles. The summed E-state index contributed by atoms with van der Waals surface area (Å²) in [5.41, 5.74) is 7.11. The molecule has 0 saturated carbocycles. The first-order valence-corrected chi connectivity index (χ1v) is 6.18. The molecule has 2 N–H and O–H groups in total. The van der Waals surface area contributed by atoms with Crippen molar-refractivity contribution in [3.63, 3.8) is 0 Å². The number of ether oxygens (including phenoxy) is 1. The highest BCUT2D eigenvalue weighted by Crippen LogP contribution is 2.05. The first-order chi connectivity index (χ1) is 8.65. The van der Waals surface area contributed by atoms with Crippen LogP contribution in [-0.4, -0.2) is 44.2 Å². The maximum absolute atomic E-state index is 11.9. The van der Waals surface area contributed by atoms with E-state index >= 15 is 0 Å². The Morgan fingerprint density at radius 2 is 2.06 bits per heavy atom. The maximum atomic E-state index is 11.9. The zero-order valence-electron chi connectivity index (χ0n) is 11.1. The van der Waals surface area contributed by atoms with Crippen LogP contribution >= 0.6 is 0 Å². The fourth-order valence-corrected chi connectivity index (χ4v) is 1.71. The summed E-state index contributed by atoms with van der Waals surface area (Å²) >= 11 is 0. The van der Waals surface area contributed by atoms with Gasteiger partial charge in [-0.3, -0.25) is 4.79 Å². The molecule has 1 atom stereocenters. The Hall–Kier alpha value is -1.39. The van der Waals surface area contributed by atoms with Crippen molar-refractivity contribution in [3.8, 4) is 0 Å². The topological polar surface area (TPSA) is 55.6 Å². The summed E-state index contributed by atoms with van der Waals surface area (Å²) in [6.45, 7) is 1.11. The molecule has 0 spiro atoms. The van der Waals surface area contributed by atoms with Crippen LogP contribution in [-0.2, 0) is 16.0 Å². The van der Waals surface area contributed by atoms with Crippen molar-refractivity contribution < 1.29 is 9.53 Å². The van der Waals surface area contributed by atoms with Gasteiger partial charge in [-0.1, -0.05) is 30.3 Å². The number of amides is 1. The van der Waals surface area contributed by atoms with Crippen LogP contribution < -0.4 is 5.73 Å². The lowest BCUT2D eigenvalue weighted by Crippen LogP contribution is -2.43. The summed E-state index contributed by atoms with van der Waals surface area (Å²) in [4.78, 5) is 13.5. The van der Waals surface area contributed by atoms with Crippen LogP contribution in [0, 0.1) is 0 Å². The van der Waals surface area contributed by atoms with Crippen LogP contribution in [0.15, 0.2) is 30.3 Å². The number of rotatable bonds is 7. The molecule has 1 aromatic rings. The number of nitrogens with zero attached hydrogens (tertiary/aromatic N) is 1. The minimum Gasteiger partial charge on any atom is -0.383 e. The van der Waals surface area contributed by atoms with Crippen molar-refractivity contribution in [3.05, 3.63) is 35.9 Å². The van der Waals surface area contributed by atoms with Gasteiger partial charge in [0.1, 0.15) is 0 Å². The SMILES string of the molecule is COCCN(C)C(=O)[C@@H](N)CCc1ccccc1. The van der Waals surface area contributed by atoms with E-state index in [-0.39, 0.29) is 5.91 Å². The number of nitrogens with two attached hydrogens (primary N) is 1. The third-order valence-corrected chi connectivity index (χ3v) is 2.91. The Kier molecular flexibility index (Phi) is 6.39. The molecule has 4 heteroatoms. The molecule has 1 rings (SSSR count). The second-order valence-corrected chi connectivity index (χ2v) is 4.38. The largest absolute Gasteiger partial charge is 0.383 e. The molecule has 0 aliphatic carbocycles. The smallest absolute Gasteiger partial charge is 0.239 e. The normalized spacial score (nSPS) is 12.2. The van der Waals surface area contributed by atoms with E-state index in [1.54, 1.807) is 19.1 Å². The van der Waals surface area contributed by atoms with Crippen LogP contribution in [0.5, 0.6) is 0 Å². The molecule has 1 aromatic carbocycles. The van der Waals surface area contributed by atoms with E-state index < -0.39 is 6.04 Å². The number of methoxy groups -OCH3 is 1. The van der Waals surface area contributed by atoms with Gasteiger partial charge in [-0.2, -0.15) is 0 Å². The van der Waals surface area contributed by atoms with E-state index in [4.69, 9.17) is 10.5 Å². The van der Waals surface area contributed by atoms with Gasteiger partial charge >= 0.3 is 0 Å². The molecule has 0 fully saturated rings. The second-order valence-electron chi connectivity index (χ2n) is 4.38. The molecule has 4 nitrogen and oxygen atoms in total. The van der Waals surface area contributed by atoms with Crippen LogP contribution in [0.3, 0.4) is 0 Å². The van der Waals surface area contributed by atoms with Crippen molar-refractivity contribution in [2.45, 2.75) is 18.9 Å². The van der Waals surface area contributed by atoms with Gasteiger partial charge in [-0.05, 0) is 18.4 Å². The standard InChI is InChI=1S/C14H22N2O2/c1-16(10-11-18-2)14(17)13(15)9-8-12-6-4-3-5-7-12/h3-7,13H,8-11,15H2,1-2H3/t13-/m0/s1.